The number of esters is 1. The lowest BCUT2D eigenvalue weighted by molar-refractivity contribution is -0.162. The van der Waals surface area contributed by atoms with Gasteiger partial charge in [0.1, 0.15) is 6.04 Å². The second-order valence-corrected chi connectivity index (χ2v) is 9.55. The van der Waals surface area contributed by atoms with Gasteiger partial charge >= 0.3 is 5.97 Å². The Hall–Kier alpha value is -2.96. The van der Waals surface area contributed by atoms with E-state index in [9.17, 15) is 19.2 Å². The first-order valence-corrected chi connectivity index (χ1v) is 11.9. The van der Waals surface area contributed by atoms with Crippen LogP contribution in [0.2, 0.25) is 0 Å². The number of imide groups is 1. The fourth-order valence-corrected chi connectivity index (χ4v) is 5.68. The Morgan fingerprint density at radius 3 is 2.06 bits per heavy atom. The maximum atomic E-state index is 13.1. The molecule has 0 unspecified atom stereocenters. The Morgan fingerprint density at radius 1 is 1.03 bits per heavy atom. The minimum Gasteiger partial charge on any atom is -0.454 e. The lowest BCUT2D eigenvalue weighted by Gasteiger charge is -2.28. The fourth-order valence-electron chi connectivity index (χ4n) is 5.68. The zero-order valence-electron chi connectivity index (χ0n) is 19.7. The number of nitrogens with zero attached hydrogens (tertiary/aromatic N) is 1. The van der Waals surface area contributed by atoms with Crippen LogP contribution in [0.15, 0.2) is 30.4 Å². The SMILES string of the molecule is CCc1cccc(CC)c1NC(=O)COC(=O)[C@H](C(C)C)N1C(=O)[C@H]2[C@H](C1=O)[C@H]1C=C[C@H]2C1. The number of hydrogen-bond acceptors (Lipinski definition) is 5. The topological polar surface area (TPSA) is 92.8 Å². The number of ether oxygens (including phenoxy) is 1. The van der Waals surface area contributed by atoms with Gasteiger partial charge in [-0.1, -0.05) is 58.0 Å². The average molecular weight is 453 g/mol. The van der Waals surface area contributed by atoms with Crippen LogP contribution in [0.4, 0.5) is 5.69 Å². The summed E-state index contributed by atoms with van der Waals surface area (Å²) in [6.07, 6.45) is 6.39. The number of carbonyl (C=O) groups excluding carboxylic acids is 4. The van der Waals surface area contributed by atoms with E-state index < -0.39 is 24.5 Å². The first kappa shape index (κ1) is 23.2. The highest BCUT2D eigenvalue weighted by Gasteiger charge is 2.61. The number of allylic oxidation sites excluding steroid dienone is 2. The van der Waals surface area contributed by atoms with Crippen molar-refractivity contribution in [3.05, 3.63) is 41.5 Å². The molecule has 2 fully saturated rings. The van der Waals surface area contributed by atoms with Gasteiger partial charge < -0.3 is 10.1 Å². The van der Waals surface area contributed by atoms with Gasteiger partial charge in [0.05, 0.1) is 11.8 Å². The van der Waals surface area contributed by atoms with Gasteiger partial charge in [0.2, 0.25) is 11.8 Å². The molecule has 33 heavy (non-hydrogen) atoms. The summed E-state index contributed by atoms with van der Waals surface area (Å²) in [6, 6.07) is 4.84. The predicted molar refractivity (Wildman–Crippen MR) is 123 cm³/mol. The van der Waals surface area contributed by atoms with E-state index in [4.69, 9.17) is 4.74 Å². The van der Waals surface area contributed by atoms with Crippen LogP contribution in [0, 0.1) is 29.6 Å². The molecule has 0 spiro atoms. The average Bonchev–Trinajstić information content (AvgIpc) is 3.47. The van der Waals surface area contributed by atoms with Crippen LogP contribution in [0.5, 0.6) is 0 Å². The van der Waals surface area contributed by atoms with Gasteiger partial charge in [-0.3, -0.25) is 19.3 Å². The van der Waals surface area contributed by atoms with E-state index in [1.165, 1.54) is 0 Å². The minimum absolute atomic E-state index is 0.0717. The highest BCUT2D eigenvalue weighted by molar-refractivity contribution is 6.09. The summed E-state index contributed by atoms with van der Waals surface area (Å²) in [5.74, 6) is -2.67. The van der Waals surface area contributed by atoms with Crippen LogP contribution in [-0.4, -0.2) is 41.2 Å². The van der Waals surface area contributed by atoms with E-state index in [2.05, 4.69) is 5.32 Å². The molecule has 176 valence electrons. The number of likely N-dealkylation sites (tertiary alicyclic amines) is 1. The normalized spacial score (nSPS) is 26.2. The second-order valence-electron chi connectivity index (χ2n) is 9.55. The zero-order chi connectivity index (χ0) is 23.9. The number of hydrogen-bond donors (Lipinski definition) is 1. The van der Waals surface area contributed by atoms with Crippen LogP contribution in [0.3, 0.4) is 0 Å². The van der Waals surface area contributed by atoms with Gasteiger partial charge in [-0.15, -0.1) is 0 Å². The Balaban J connectivity index is 1.44. The molecule has 2 aliphatic carbocycles. The van der Waals surface area contributed by atoms with Crippen molar-refractivity contribution in [1.29, 1.82) is 0 Å². The van der Waals surface area contributed by atoms with Crippen LogP contribution in [-0.2, 0) is 36.8 Å². The Morgan fingerprint density at radius 2 is 1.58 bits per heavy atom. The summed E-state index contributed by atoms with van der Waals surface area (Å²) in [7, 11) is 0. The summed E-state index contributed by atoms with van der Waals surface area (Å²) < 4.78 is 5.33. The molecule has 0 radical (unpaired) electrons. The number of aryl methyl sites for hydroxylation is 2. The van der Waals surface area contributed by atoms with Gasteiger partial charge in [0.15, 0.2) is 6.61 Å². The van der Waals surface area contributed by atoms with Crippen molar-refractivity contribution in [2.24, 2.45) is 29.6 Å². The molecule has 3 amide bonds. The number of anilines is 1. The molecule has 5 atom stereocenters. The molecule has 1 aliphatic heterocycles. The van der Waals surface area contributed by atoms with E-state index >= 15 is 0 Å². The molecule has 1 saturated heterocycles. The monoisotopic (exact) mass is 452 g/mol. The van der Waals surface area contributed by atoms with Crippen LogP contribution >= 0.6 is 0 Å². The number of para-hydroxylation sites is 1. The zero-order valence-corrected chi connectivity index (χ0v) is 19.7. The molecule has 3 aliphatic rings. The lowest BCUT2D eigenvalue weighted by atomic mass is 9.85. The van der Waals surface area contributed by atoms with Gasteiger partial charge in [-0.05, 0) is 48.1 Å². The molecule has 1 N–H and O–H groups in total. The lowest BCUT2D eigenvalue weighted by Crippen LogP contribution is -2.50. The van der Waals surface area contributed by atoms with E-state index in [-0.39, 0.29) is 41.4 Å². The van der Waals surface area contributed by atoms with Crippen LogP contribution < -0.4 is 5.32 Å². The number of fused-ring (bicyclic) bond motifs is 5. The van der Waals surface area contributed by atoms with Crippen molar-refractivity contribution in [2.45, 2.75) is 53.0 Å². The van der Waals surface area contributed by atoms with E-state index in [1.54, 1.807) is 13.8 Å². The molecule has 2 bridgehead atoms. The van der Waals surface area contributed by atoms with Crippen molar-refractivity contribution in [3.63, 3.8) is 0 Å². The van der Waals surface area contributed by atoms with E-state index in [0.717, 1.165) is 41.0 Å². The first-order chi connectivity index (χ1) is 15.8. The quantitative estimate of drug-likeness (QED) is 0.372. The summed E-state index contributed by atoms with van der Waals surface area (Å²) in [6.45, 7) is 7.11. The van der Waals surface area contributed by atoms with Crippen molar-refractivity contribution >= 4 is 29.4 Å². The first-order valence-electron chi connectivity index (χ1n) is 11.9. The van der Waals surface area contributed by atoms with Crippen molar-refractivity contribution in [2.75, 3.05) is 11.9 Å². The second kappa shape index (κ2) is 9.12. The maximum Gasteiger partial charge on any atom is 0.330 e. The van der Waals surface area contributed by atoms with E-state index in [1.807, 2.05) is 44.2 Å². The molecule has 1 heterocycles. The standard InChI is InChI=1S/C26H32N2O5/c1-5-15-8-7-9-16(6-2)22(15)27-19(29)13-33-26(32)23(14(3)4)28-24(30)20-17-10-11-18(12-17)21(20)25(28)31/h7-11,14,17-18,20-21,23H,5-6,12-13H2,1-4H3,(H,27,29)/t17-,18-,20+,21+,23-/m0/s1. The Kier molecular flexibility index (Phi) is 6.41. The number of carbonyl (C=O) groups is 4. The largest absolute Gasteiger partial charge is 0.454 e. The minimum atomic E-state index is -1.03. The molecule has 7 heteroatoms. The number of rotatable bonds is 8. The summed E-state index contributed by atoms with van der Waals surface area (Å²) >= 11 is 0. The van der Waals surface area contributed by atoms with Gasteiger partial charge in [-0.2, -0.15) is 0 Å². The van der Waals surface area contributed by atoms with Crippen molar-refractivity contribution < 1.29 is 23.9 Å². The molecule has 1 aromatic carbocycles. The molecule has 7 nitrogen and oxygen atoms in total. The Labute approximate surface area is 194 Å². The summed E-state index contributed by atoms with van der Waals surface area (Å²) in [4.78, 5) is 53.0. The third-order valence-corrected chi connectivity index (χ3v) is 7.26. The fraction of sp³-hybridized carbons (Fsp3) is 0.538. The number of nitrogens with one attached hydrogen (secondary N) is 1. The van der Waals surface area contributed by atoms with E-state index in [0.29, 0.717) is 0 Å². The highest BCUT2D eigenvalue weighted by Crippen LogP contribution is 2.53. The van der Waals surface area contributed by atoms with Crippen molar-refractivity contribution in [3.8, 4) is 0 Å². The van der Waals surface area contributed by atoms with Gasteiger partial charge in [0.25, 0.3) is 5.91 Å². The summed E-state index contributed by atoms with van der Waals surface area (Å²) in [5, 5.41) is 2.87. The molecule has 0 aromatic heterocycles. The predicted octanol–water partition coefficient (Wildman–Crippen LogP) is 3.12. The summed E-state index contributed by atoms with van der Waals surface area (Å²) in [5.41, 5.74) is 2.78. The molecule has 4 rings (SSSR count). The van der Waals surface area contributed by atoms with Gasteiger partial charge in [0, 0.05) is 5.69 Å². The molecule has 1 saturated carbocycles. The maximum absolute atomic E-state index is 13.1. The van der Waals surface area contributed by atoms with Crippen molar-refractivity contribution in [1.82, 2.24) is 4.90 Å². The smallest absolute Gasteiger partial charge is 0.330 e. The third-order valence-electron chi connectivity index (χ3n) is 7.26. The molecular weight excluding hydrogens is 420 g/mol. The Bertz CT molecular complexity index is 962. The third kappa shape index (κ3) is 3.98. The van der Waals surface area contributed by atoms with Gasteiger partial charge in [-0.25, -0.2) is 4.79 Å². The number of benzene rings is 1. The number of amides is 3. The molecular formula is C26H32N2O5. The van der Waals surface area contributed by atoms with Crippen LogP contribution in [0.1, 0.15) is 45.2 Å². The highest BCUT2D eigenvalue weighted by atomic mass is 16.5. The van der Waals surface area contributed by atoms with Crippen LogP contribution in [0.25, 0.3) is 0 Å². The molecule has 1 aromatic rings.